The van der Waals surface area contributed by atoms with Gasteiger partial charge in [0.25, 0.3) is 5.91 Å². The van der Waals surface area contributed by atoms with Gasteiger partial charge in [-0.15, -0.1) is 0 Å². The van der Waals surface area contributed by atoms with E-state index in [1.165, 1.54) is 0 Å². The van der Waals surface area contributed by atoms with Crippen LogP contribution in [-0.4, -0.2) is 13.0 Å². The van der Waals surface area contributed by atoms with E-state index < -0.39 is 0 Å². The largest absolute Gasteiger partial charge is 0.455 e. The highest BCUT2D eigenvalue weighted by Crippen LogP contribution is 2.30. The number of benzene rings is 2. The number of anilines is 1. The number of nitrogens with two attached hydrogens (primary N) is 1. The van der Waals surface area contributed by atoms with Crippen molar-refractivity contribution in [3.8, 4) is 17.6 Å². The minimum Gasteiger partial charge on any atom is -0.455 e. The Bertz CT molecular complexity index is 733. The molecule has 0 aliphatic carbocycles. The second kappa shape index (κ2) is 5.97. The maximum absolute atomic E-state index is 11.5. The van der Waals surface area contributed by atoms with Crippen LogP contribution in [0.25, 0.3) is 0 Å². The molecule has 0 bridgehead atoms. The normalized spacial score (nSPS) is 9.76. The fourth-order valence-electron chi connectivity index (χ4n) is 1.83. The predicted molar refractivity (Wildman–Crippen MR) is 80.2 cm³/mol. The van der Waals surface area contributed by atoms with Crippen molar-refractivity contribution >= 4 is 11.6 Å². The molecule has 0 unspecified atom stereocenters. The SMILES string of the molecule is CNC(=O)c1ccc(Oc2cc(C#N)ccc2C)c(N)c1. The van der Waals surface area contributed by atoms with Gasteiger partial charge in [0.2, 0.25) is 0 Å². The highest BCUT2D eigenvalue weighted by molar-refractivity contribution is 5.95. The molecule has 5 nitrogen and oxygen atoms in total. The molecule has 0 saturated heterocycles. The summed E-state index contributed by atoms with van der Waals surface area (Å²) in [4.78, 5) is 11.5. The molecular formula is C16H15N3O2. The van der Waals surface area contributed by atoms with E-state index in [1.807, 2.05) is 13.0 Å². The minimum atomic E-state index is -0.212. The number of amides is 1. The molecule has 0 radical (unpaired) electrons. The molecule has 1 amide bonds. The van der Waals surface area contributed by atoms with Crippen LogP contribution in [0.15, 0.2) is 36.4 Å². The summed E-state index contributed by atoms with van der Waals surface area (Å²) in [5.74, 6) is 0.796. The number of ether oxygens (including phenoxy) is 1. The lowest BCUT2D eigenvalue weighted by Gasteiger charge is -2.12. The third kappa shape index (κ3) is 3.12. The van der Waals surface area contributed by atoms with Gasteiger partial charge < -0.3 is 15.8 Å². The van der Waals surface area contributed by atoms with E-state index in [2.05, 4.69) is 11.4 Å². The van der Waals surface area contributed by atoms with Crippen LogP contribution >= 0.6 is 0 Å². The quantitative estimate of drug-likeness (QED) is 0.846. The van der Waals surface area contributed by atoms with Crippen LogP contribution in [0.2, 0.25) is 0 Å². The summed E-state index contributed by atoms with van der Waals surface area (Å²) in [7, 11) is 1.56. The molecule has 0 aliphatic heterocycles. The molecule has 0 heterocycles. The zero-order valence-electron chi connectivity index (χ0n) is 11.8. The molecule has 106 valence electrons. The summed E-state index contributed by atoms with van der Waals surface area (Å²) >= 11 is 0. The molecule has 0 aliphatic rings. The summed E-state index contributed by atoms with van der Waals surface area (Å²) in [6.45, 7) is 1.88. The smallest absolute Gasteiger partial charge is 0.251 e. The zero-order chi connectivity index (χ0) is 15.4. The van der Waals surface area contributed by atoms with Crippen LogP contribution in [0, 0.1) is 18.3 Å². The predicted octanol–water partition coefficient (Wildman–Crippen LogP) is 2.60. The Morgan fingerprint density at radius 3 is 2.62 bits per heavy atom. The van der Waals surface area contributed by atoms with Gasteiger partial charge in [-0.25, -0.2) is 0 Å². The van der Waals surface area contributed by atoms with Crippen molar-refractivity contribution < 1.29 is 9.53 Å². The number of aryl methyl sites for hydroxylation is 1. The van der Waals surface area contributed by atoms with Crippen LogP contribution in [0.5, 0.6) is 11.5 Å². The first kappa shape index (κ1) is 14.4. The number of hydrogen-bond donors (Lipinski definition) is 2. The van der Waals surface area contributed by atoms with Crippen LogP contribution in [-0.2, 0) is 0 Å². The topological polar surface area (TPSA) is 88.1 Å². The van der Waals surface area contributed by atoms with Crippen molar-refractivity contribution in [3.05, 3.63) is 53.1 Å². The average Bonchev–Trinajstić information content (AvgIpc) is 2.50. The van der Waals surface area contributed by atoms with Gasteiger partial charge in [0.05, 0.1) is 17.3 Å². The Balaban J connectivity index is 2.32. The summed E-state index contributed by atoms with van der Waals surface area (Å²) in [5, 5.41) is 11.5. The highest BCUT2D eigenvalue weighted by atomic mass is 16.5. The first-order chi connectivity index (χ1) is 10.0. The standard InChI is InChI=1S/C16H15N3O2/c1-10-3-4-11(9-17)7-15(10)21-14-6-5-12(8-13(14)18)16(20)19-2/h3-8H,18H2,1-2H3,(H,19,20). The van der Waals surface area contributed by atoms with Crippen LogP contribution in [0.4, 0.5) is 5.69 Å². The maximum atomic E-state index is 11.5. The van der Waals surface area contributed by atoms with Crippen LogP contribution in [0.1, 0.15) is 21.5 Å². The number of carbonyl (C=O) groups excluding carboxylic acids is 1. The molecule has 0 fully saturated rings. The first-order valence-corrected chi connectivity index (χ1v) is 6.35. The first-order valence-electron chi connectivity index (χ1n) is 6.35. The molecule has 2 rings (SSSR count). The molecule has 0 aromatic heterocycles. The second-order valence-electron chi connectivity index (χ2n) is 4.53. The Kier molecular flexibility index (Phi) is 4.10. The molecule has 5 heteroatoms. The molecule has 2 aromatic carbocycles. The van der Waals surface area contributed by atoms with Crippen molar-refractivity contribution in [1.82, 2.24) is 5.32 Å². The van der Waals surface area contributed by atoms with Gasteiger partial charge in [0, 0.05) is 12.6 Å². The van der Waals surface area contributed by atoms with Crippen molar-refractivity contribution in [3.63, 3.8) is 0 Å². The third-order valence-corrected chi connectivity index (χ3v) is 3.04. The minimum absolute atomic E-state index is 0.212. The fraction of sp³-hybridized carbons (Fsp3) is 0.125. The molecule has 0 saturated carbocycles. The third-order valence-electron chi connectivity index (χ3n) is 3.04. The lowest BCUT2D eigenvalue weighted by Crippen LogP contribution is -2.17. The fourth-order valence-corrected chi connectivity index (χ4v) is 1.83. The number of carbonyl (C=O) groups is 1. The Labute approximate surface area is 123 Å². The maximum Gasteiger partial charge on any atom is 0.251 e. The summed E-state index contributed by atoms with van der Waals surface area (Å²) in [6, 6.07) is 12.1. The zero-order valence-corrected chi connectivity index (χ0v) is 11.8. The van der Waals surface area contributed by atoms with Gasteiger partial charge in [0.1, 0.15) is 11.5 Å². The number of nitrogens with one attached hydrogen (secondary N) is 1. The van der Waals surface area contributed by atoms with E-state index in [1.54, 1.807) is 37.4 Å². The highest BCUT2D eigenvalue weighted by Gasteiger charge is 2.09. The van der Waals surface area contributed by atoms with E-state index in [9.17, 15) is 4.79 Å². The molecule has 0 atom stereocenters. The monoisotopic (exact) mass is 281 g/mol. The summed E-state index contributed by atoms with van der Waals surface area (Å²) in [6.07, 6.45) is 0. The summed E-state index contributed by atoms with van der Waals surface area (Å²) in [5.41, 5.74) is 8.14. The number of nitrogen functional groups attached to an aromatic ring is 1. The number of nitrogens with zero attached hydrogens (tertiary/aromatic N) is 1. The molecule has 21 heavy (non-hydrogen) atoms. The van der Waals surface area contributed by atoms with Gasteiger partial charge in [-0.1, -0.05) is 6.07 Å². The lowest BCUT2D eigenvalue weighted by atomic mass is 10.1. The van der Waals surface area contributed by atoms with Gasteiger partial charge in [-0.05, 0) is 42.8 Å². The van der Waals surface area contributed by atoms with Crippen molar-refractivity contribution in [2.75, 3.05) is 12.8 Å². The van der Waals surface area contributed by atoms with Crippen LogP contribution in [0.3, 0.4) is 0 Å². The van der Waals surface area contributed by atoms with Crippen LogP contribution < -0.4 is 15.8 Å². The van der Waals surface area contributed by atoms with E-state index in [-0.39, 0.29) is 5.91 Å². The molecule has 3 N–H and O–H groups in total. The molecular weight excluding hydrogens is 266 g/mol. The molecule has 2 aromatic rings. The average molecular weight is 281 g/mol. The molecule has 0 spiro atoms. The summed E-state index contributed by atoms with van der Waals surface area (Å²) < 4.78 is 5.74. The van der Waals surface area contributed by atoms with Gasteiger partial charge in [-0.2, -0.15) is 5.26 Å². The number of rotatable bonds is 3. The number of nitriles is 1. The van der Waals surface area contributed by atoms with Crippen molar-refractivity contribution in [2.24, 2.45) is 0 Å². The van der Waals surface area contributed by atoms with Gasteiger partial charge in [0.15, 0.2) is 0 Å². The Morgan fingerprint density at radius 1 is 1.24 bits per heavy atom. The lowest BCUT2D eigenvalue weighted by molar-refractivity contribution is 0.0963. The Hall–Kier alpha value is -3.00. The van der Waals surface area contributed by atoms with E-state index in [0.717, 1.165) is 5.56 Å². The van der Waals surface area contributed by atoms with Crippen molar-refractivity contribution in [2.45, 2.75) is 6.92 Å². The van der Waals surface area contributed by atoms with E-state index in [0.29, 0.717) is 28.3 Å². The van der Waals surface area contributed by atoms with E-state index >= 15 is 0 Å². The van der Waals surface area contributed by atoms with Gasteiger partial charge in [-0.3, -0.25) is 4.79 Å². The number of hydrogen-bond acceptors (Lipinski definition) is 4. The Morgan fingerprint density at radius 2 is 2.00 bits per heavy atom. The van der Waals surface area contributed by atoms with Gasteiger partial charge >= 0.3 is 0 Å². The van der Waals surface area contributed by atoms with Crippen molar-refractivity contribution in [1.29, 1.82) is 5.26 Å². The van der Waals surface area contributed by atoms with E-state index in [4.69, 9.17) is 15.7 Å². The second-order valence-corrected chi connectivity index (χ2v) is 4.53.